The number of aliphatic hydroxyl groups is 1. The fraction of sp³-hybridized carbons (Fsp3) is 0.675. The number of benzene rings is 2. The van der Waals surface area contributed by atoms with E-state index in [2.05, 4.69) is 52.5 Å². The van der Waals surface area contributed by atoms with Gasteiger partial charge in [-0.1, -0.05) is 65.3 Å². The van der Waals surface area contributed by atoms with Crippen molar-refractivity contribution in [2.45, 2.75) is 122 Å². The van der Waals surface area contributed by atoms with Crippen LogP contribution in [0.25, 0.3) is 0 Å². The quantitative estimate of drug-likeness (QED) is 0.143. The van der Waals surface area contributed by atoms with Crippen LogP contribution in [0.5, 0.6) is 5.75 Å². The molecule has 2 heterocycles. The first-order valence-electron chi connectivity index (χ1n) is 18.8. The monoisotopic (exact) mass is 746 g/mol. The van der Waals surface area contributed by atoms with Crippen molar-refractivity contribution >= 4 is 31.7 Å². The summed E-state index contributed by atoms with van der Waals surface area (Å²) in [5.74, 6) is 0.847. The third-order valence-corrected chi connectivity index (χ3v) is 16.9. The molecule has 1 saturated heterocycles. The minimum Gasteiger partial charge on any atom is -0.490 e. The van der Waals surface area contributed by atoms with Gasteiger partial charge in [0.25, 0.3) is 0 Å². The van der Waals surface area contributed by atoms with E-state index >= 15 is 0 Å². The number of piperidine rings is 1. The fourth-order valence-electron chi connectivity index (χ4n) is 8.17. The smallest absolute Gasteiger partial charge is 0.410 e. The second kappa shape index (κ2) is 17.7. The van der Waals surface area contributed by atoms with E-state index in [4.69, 9.17) is 35.0 Å². The van der Waals surface area contributed by atoms with Crippen molar-refractivity contribution in [1.82, 2.24) is 4.90 Å². The van der Waals surface area contributed by atoms with Gasteiger partial charge in [-0.2, -0.15) is 0 Å². The summed E-state index contributed by atoms with van der Waals surface area (Å²) >= 11 is 6.60. The van der Waals surface area contributed by atoms with Crippen LogP contribution in [0.1, 0.15) is 91.8 Å². The van der Waals surface area contributed by atoms with Gasteiger partial charge in [0, 0.05) is 44.9 Å². The predicted molar refractivity (Wildman–Crippen MR) is 208 cm³/mol. The Bertz CT molecular complexity index is 1430. The number of ether oxygens (including phenoxy) is 4. The summed E-state index contributed by atoms with van der Waals surface area (Å²) in [4.78, 5) is 17.3. The predicted octanol–water partition coefficient (Wildman–Crippen LogP) is 8.72. The molecule has 0 spiro atoms. The Hall–Kier alpha value is -2.34. The van der Waals surface area contributed by atoms with Gasteiger partial charge in [0.05, 0.1) is 25.4 Å². The van der Waals surface area contributed by atoms with E-state index in [-0.39, 0.29) is 19.6 Å². The van der Waals surface area contributed by atoms with Crippen molar-refractivity contribution in [3.63, 3.8) is 0 Å². The lowest BCUT2D eigenvalue weighted by molar-refractivity contribution is -0.155. The van der Waals surface area contributed by atoms with Gasteiger partial charge in [0.2, 0.25) is 0 Å². The van der Waals surface area contributed by atoms with E-state index < -0.39 is 31.7 Å². The molecule has 11 heteroatoms. The molecule has 2 aromatic carbocycles. The molecule has 1 fully saturated rings. The minimum absolute atomic E-state index is 0.172. The number of rotatable bonds is 15. The Labute approximate surface area is 313 Å². The van der Waals surface area contributed by atoms with Crippen molar-refractivity contribution in [3.05, 3.63) is 58.1 Å². The van der Waals surface area contributed by atoms with Crippen LogP contribution in [0, 0.1) is 0 Å². The lowest BCUT2D eigenvalue weighted by Gasteiger charge is -2.45. The number of methoxy groups -OCH3 is 1. The number of likely N-dealkylation sites (tertiary alicyclic amines) is 1. The summed E-state index contributed by atoms with van der Waals surface area (Å²) in [7, 11) is -0.377. The highest BCUT2D eigenvalue weighted by molar-refractivity contribution is 6.77. The molecule has 286 valence electrons. The highest BCUT2D eigenvalue weighted by Crippen LogP contribution is 2.43. The van der Waals surface area contributed by atoms with Crippen LogP contribution < -0.4 is 9.64 Å². The summed E-state index contributed by atoms with van der Waals surface area (Å²) in [6.45, 7) is 23.5. The number of hydrogen-bond donors (Lipinski definition) is 1. The van der Waals surface area contributed by atoms with Crippen molar-refractivity contribution in [3.8, 4) is 5.75 Å². The first kappa shape index (κ1) is 41.4. The van der Waals surface area contributed by atoms with Gasteiger partial charge >= 0.3 is 6.09 Å². The molecule has 2 aliphatic heterocycles. The van der Waals surface area contributed by atoms with E-state index in [1.165, 1.54) is 0 Å². The maximum Gasteiger partial charge on any atom is 0.410 e. The molecule has 0 saturated carbocycles. The van der Waals surface area contributed by atoms with E-state index in [1.807, 2.05) is 51.1 Å². The first-order chi connectivity index (χ1) is 24.0. The molecule has 0 radical (unpaired) electrons. The molecule has 1 amide bonds. The molecule has 2 aliphatic rings. The number of carbonyl (C=O) groups excluding carboxylic acids is 1. The number of nitrogens with zero attached hydrogens (tertiary/aromatic N) is 2. The van der Waals surface area contributed by atoms with Gasteiger partial charge in [-0.15, -0.1) is 0 Å². The number of amides is 1. The Kier molecular flexibility index (Phi) is 14.3. The molecule has 0 unspecified atom stereocenters. The molecular formula is C40H63ClN2O7Si. The Morgan fingerprint density at radius 3 is 2.39 bits per heavy atom. The van der Waals surface area contributed by atoms with E-state index in [9.17, 15) is 9.90 Å². The second-order valence-corrected chi connectivity index (χ2v) is 22.0. The standard InChI is InChI=1S/C40H63ClN2O7Si/c1-28(2)51(29(3)4,30(5)6)49-22-16-32-25-33(41)13-14-34(32)40(45)17-19-43(38(44)50-39(7,8)9)26-37(40)48-27-31-12-15-36-35(24-31)42(20-23-47-36)18-11-21-46-10/h12-15,24-25,28-30,37,45H,11,16-23,26-27H2,1-10H3/t37-,40-/m0/s1. The number of anilines is 1. The fourth-order valence-corrected chi connectivity index (χ4v) is 13.8. The van der Waals surface area contributed by atoms with Crippen LogP contribution in [0.4, 0.5) is 10.5 Å². The number of halogens is 1. The van der Waals surface area contributed by atoms with E-state index in [0.29, 0.717) is 54.4 Å². The molecule has 0 bridgehead atoms. The topological polar surface area (TPSA) is 89.9 Å². The van der Waals surface area contributed by atoms with Crippen LogP contribution in [0.15, 0.2) is 36.4 Å². The summed E-state index contributed by atoms with van der Waals surface area (Å²) in [6, 6.07) is 11.8. The average molecular weight is 747 g/mol. The maximum atomic E-state index is 13.3. The van der Waals surface area contributed by atoms with Gasteiger partial charge in [-0.05, 0) is 91.2 Å². The zero-order valence-corrected chi connectivity index (χ0v) is 34.5. The van der Waals surface area contributed by atoms with Gasteiger partial charge < -0.3 is 38.3 Å². The molecule has 4 rings (SSSR count). The average Bonchev–Trinajstić information content (AvgIpc) is 3.05. The number of fused-ring (bicyclic) bond motifs is 1. The Balaban J connectivity index is 1.63. The van der Waals surface area contributed by atoms with Gasteiger partial charge in [-0.25, -0.2) is 4.79 Å². The zero-order valence-electron chi connectivity index (χ0n) is 32.7. The molecule has 2 atom stereocenters. The van der Waals surface area contributed by atoms with Gasteiger partial charge in [-0.3, -0.25) is 0 Å². The van der Waals surface area contributed by atoms with Crippen LogP contribution in [0.3, 0.4) is 0 Å². The summed E-state index contributed by atoms with van der Waals surface area (Å²) in [5, 5.41) is 13.3. The molecule has 9 nitrogen and oxygen atoms in total. The third kappa shape index (κ3) is 10.0. The highest BCUT2D eigenvalue weighted by Gasteiger charge is 2.48. The molecule has 51 heavy (non-hydrogen) atoms. The Morgan fingerprint density at radius 2 is 1.75 bits per heavy atom. The molecule has 1 N–H and O–H groups in total. The van der Waals surface area contributed by atoms with Crippen LogP contribution in [-0.4, -0.2) is 89.2 Å². The Morgan fingerprint density at radius 1 is 1.04 bits per heavy atom. The summed E-state index contributed by atoms with van der Waals surface area (Å²) in [6.07, 6.45) is 0.639. The molecular weight excluding hydrogens is 684 g/mol. The van der Waals surface area contributed by atoms with E-state index in [1.54, 1.807) is 12.0 Å². The summed E-state index contributed by atoms with van der Waals surface area (Å²) in [5.41, 5.74) is 3.02. The molecule has 0 aliphatic carbocycles. The minimum atomic E-state index is -2.10. The zero-order chi connectivity index (χ0) is 37.6. The third-order valence-electron chi connectivity index (χ3n) is 10.5. The van der Waals surface area contributed by atoms with Crippen molar-refractivity contribution in [2.24, 2.45) is 0 Å². The highest BCUT2D eigenvalue weighted by atomic mass is 35.5. The van der Waals surface area contributed by atoms with Gasteiger partial charge in [0.15, 0.2) is 8.32 Å². The van der Waals surface area contributed by atoms with E-state index in [0.717, 1.165) is 47.6 Å². The summed E-state index contributed by atoms with van der Waals surface area (Å²) < 4.78 is 30.6. The van der Waals surface area contributed by atoms with Crippen LogP contribution in [0.2, 0.25) is 21.6 Å². The number of hydrogen-bond acceptors (Lipinski definition) is 8. The molecule has 0 aromatic heterocycles. The largest absolute Gasteiger partial charge is 0.490 e. The van der Waals surface area contributed by atoms with Crippen molar-refractivity contribution in [2.75, 3.05) is 58.0 Å². The lowest BCUT2D eigenvalue weighted by atomic mass is 9.79. The lowest BCUT2D eigenvalue weighted by Crippen LogP contribution is -2.57. The van der Waals surface area contributed by atoms with Crippen molar-refractivity contribution < 1.29 is 33.3 Å². The second-order valence-electron chi connectivity index (χ2n) is 16.1. The van der Waals surface area contributed by atoms with Gasteiger partial charge in [0.1, 0.15) is 29.7 Å². The maximum absolute atomic E-state index is 13.3. The SMILES string of the molecule is COCCCN1CCOc2ccc(CO[C@H]3CN(C(=O)OC(C)(C)C)CC[C@]3(O)c3ccc(Cl)cc3CCO[Si](C(C)C)(C(C)C)C(C)C)cc21. The van der Waals surface area contributed by atoms with Crippen molar-refractivity contribution in [1.29, 1.82) is 0 Å². The normalized spacial score (nSPS) is 19.9. The number of carbonyl (C=O) groups is 1. The first-order valence-corrected chi connectivity index (χ1v) is 21.3. The van der Waals surface area contributed by atoms with Crippen LogP contribution >= 0.6 is 11.6 Å². The van der Waals surface area contributed by atoms with Crippen LogP contribution in [-0.2, 0) is 37.3 Å². The molecule has 2 aromatic rings.